The first-order chi connectivity index (χ1) is 13.3. The normalized spacial score (nSPS) is 11.1. The van der Waals surface area contributed by atoms with Crippen LogP contribution in [0.15, 0.2) is 54.6 Å². The Morgan fingerprint density at radius 1 is 1.00 bits per heavy atom. The van der Waals surface area contributed by atoms with Crippen LogP contribution in [0.1, 0.15) is 5.56 Å². The maximum atomic E-state index is 12.9. The third kappa shape index (κ3) is 7.09. The Hall–Kier alpha value is -2.78. The van der Waals surface area contributed by atoms with E-state index in [-0.39, 0.29) is 25.4 Å². The van der Waals surface area contributed by atoms with Gasteiger partial charge in [0, 0.05) is 18.8 Å². The van der Waals surface area contributed by atoms with Crippen molar-refractivity contribution in [1.82, 2.24) is 4.90 Å². The van der Waals surface area contributed by atoms with Crippen LogP contribution >= 0.6 is 0 Å². The molecule has 0 unspecified atom stereocenters. The van der Waals surface area contributed by atoms with Crippen LogP contribution in [-0.2, 0) is 26.0 Å². The first kappa shape index (κ1) is 21.5. The third-order valence-electron chi connectivity index (χ3n) is 3.76. The highest BCUT2D eigenvalue weighted by Gasteiger charge is 2.24. The number of sulfone groups is 1. The number of halogens is 1. The van der Waals surface area contributed by atoms with Crippen molar-refractivity contribution >= 4 is 27.3 Å². The number of hydrogen-bond donors (Lipinski definition) is 2. The zero-order chi connectivity index (χ0) is 20.6. The van der Waals surface area contributed by atoms with E-state index in [1.54, 1.807) is 24.3 Å². The van der Waals surface area contributed by atoms with Crippen LogP contribution in [0.3, 0.4) is 0 Å². The minimum atomic E-state index is -4.02. The van der Waals surface area contributed by atoms with Gasteiger partial charge in [0.1, 0.15) is 17.3 Å². The summed E-state index contributed by atoms with van der Waals surface area (Å²) in [4.78, 5) is 25.6. The van der Waals surface area contributed by atoms with Crippen LogP contribution in [0.2, 0.25) is 0 Å². The van der Waals surface area contributed by atoms with Gasteiger partial charge in [-0.1, -0.05) is 30.3 Å². The van der Waals surface area contributed by atoms with Crippen LogP contribution in [0.25, 0.3) is 0 Å². The summed E-state index contributed by atoms with van der Waals surface area (Å²) in [5.41, 5.74) is 1.04. The molecule has 0 bridgehead atoms. The van der Waals surface area contributed by atoms with Crippen LogP contribution in [-0.4, -0.2) is 54.9 Å². The predicted octanol–water partition coefficient (Wildman–Crippen LogP) is 1.20. The fourth-order valence-corrected chi connectivity index (χ4v) is 3.61. The van der Waals surface area contributed by atoms with E-state index in [2.05, 4.69) is 5.32 Å². The summed E-state index contributed by atoms with van der Waals surface area (Å²) in [6, 6.07) is 13.8. The zero-order valence-corrected chi connectivity index (χ0v) is 15.9. The monoisotopic (exact) mass is 408 g/mol. The summed E-state index contributed by atoms with van der Waals surface area (Å²) in [6.07, 6.45) is 0. The van der Waals surface area contributed by atoms with E-state index in [4.69, 9.17) is 5.11 Å². The van der Waals surface area contributed by atoms with Gasteiger partial charge < -0.3 is 15.3 Å². The van der Waals surface area contributed by atoms with Crippen molar-refractivity contribution < 1.29 is 27.5 Å². The first-order valence-corrected chi connectivity index (χ1v) is 10.3. The Labute approximate surface area is 162 Å². The van der Waals surface area contributed by atoms with Crippen molar-refractivity contribution in [3.05, 3.63) is 66.0 Å². The summed E-state index contributed by atoms with van der Waals surface area (Å²) >= 11 is 0. The molecule has 0 aliphatic carbocycles. The van der Waals surface area contributed by atoms with Crippen molar-refractivity contribution in [3.8, 4) is 0 Å². The van der Waals surface area contributed by atoms with Crippen LogP contribution < -0.4 is 5.32 Å². The number of amides is 2. The van der Waals surface area contributed by atoms with E-state index in [0.29, 0.717) is 0 Å². The number of nitrogens with one attached hydrogen (secondary N) is 1. The molecule has 0 spiro atoms. The van der Waals surface area contributed by atoms with Crippen LogP contribution in [0.4, 0.5) is 10.1 Å². The SMILES string of the molecule is O=C(CS(=O)(=O)CC(=O)N(CCO)Cc1ccccc1)Nc1ccc(F)cc1. The molecule has 0 aliphatic rings. The highest BCUT2D eigenvalue weighted by Crippen LogP contribution is 2.09. The average molecular weight is 408 g/mol. The van der Waals surface area contributed by atoms with Crippen molar-refractivity contribution in [3.63, 3.8) is 0 Å². The number of aliphatic hydroxyl groups excluding tert-OH is 1. The second-order valence-corrected chi connectivity index (χ2v) is 8.18. The van der Waals surface area contributed by atoms with Gasteiger partial charge in [-0.2, -0.15) is 0 Å². The first-order valence-electron chi connectivity index (χ1n) is 8.47. The lowest BCUT2D eigenvalue weighted by Gasteiger charge is -2.22. The molecule has 2 amide bonds. The van der Waals surface area contributed by atoms with Crippen LogP contribution in [0.5, 0.6) is 0 Å². The second-order valence-electron chi connectivity index (χ2n) is 6.11. The zero-order valence-electron chi connectivity index (χ0n) is 15.0. The van der Waals surface area contributed by atoms with E-state index >= 15 is 0 Å². The summed E-state index contributed by atoms with van der Waals surface area (Å²) in [7, 11) is -4.02. The summed E-state index contributed by atoms with van der Waals surface area (Å²) in [6.45, 7) is -0.188. The minimum absolute atomic E-state index is 0.0228. The maximum Gasteiger partial charge on any atom is 0.239 e. The van der Waals surface area contributed by atoms with Crippen molar-refractivity contribution in [2.24, 2.45) is 0 Å². The van der Waals surface area contributed by atoms with E-state index < -0.39 is 39.0 Å². The number of aliphatic hydroxyl groups is 1. The van der Waals surface area contributed by atoms with E-state index in [1.807, 2.05) is 6.07 Å². The molecule has 7 nitrogen and oxygen atoms in total. The van der Waals surface area contributed by atoms with Crippen LogP contribution in [0, 0.1) is 5.82 Å². The number of carbonyl (C=O) groups is 2. The number of carbonyl (C=O) groups excluding carboxylic acids is 2. The van der Waals surface area contributed by atoms with Gasteiger partial charge in [-0.25, -0.2) is 12.8 Å². The van der Waals surface area contributed by atoms with E-state index in [1.165, 1.54) is 17.0 Å². The summed E-state index contributed by atoms with van der Waals surface area (Å²) < 4.78 is 37.3. The van der Waals surface area contributed by atoms with Gasteiger partial charge in [-0.3, -0.25) is 9.59 Å². The summed E-state index contributed by atoms with van der Waals surface area (Å²) in [5.74, 6) is -3.74. The molecule has 2 aromatic rings. The molecule has 9 heteroatoms. The smallest absolute Gasteiger partial charge is 0.239 e. The minimum Gasteiger partial charge on any atom is -0.395 e. The lowest BCUT2D eigenvalue weighted by Crippen LogP contribution is -2.39. The van der Waals surface area contributed by atoms with Gasteiger partial charge in [0.2, 0.25) is 11.8 Å². The number of nitrogens with zero attached hydrogens (tertiary/aromatic N) is 1. The standard InChI is InChI=1S/C19H21FN2O5S/c20-16-6-8-17(9-7-16)21-18(24)13-28(26,27)14-19(25)22(10-11-23)12-15-4-2-1-3-5-15/h1-9,23H,10-14H2,(H,21,24). The molecule has 0 saturated carbocycles. The van der Waals surface area contributed by atoms with Gasteiger partial charge >= 0.3 is 0 Å². The number of anilines is 1. The van der Waals surface area contributed by atoms with Gasteiger partial charge in [0.25, 0.3) is 0 Å². The molecule has 0 saturated heterocycles. The van der Waals surface area contributed by atoms with E-state index in [0.717, 1.165) is 17.7 Å². The third-order valence-corrected chi connectivity index (χ3v) is 5.15. The van der Waals surface area contributed by atoms with Crippen molar-refractivity contribution in [2.75, 3.05) is 30.0 Å². The molecule has 0 aromatic heterocycles. The Morgan fingerprint density at radius 3 is 2.25 bits per heavy atom. The highest BCUT2D eigenvalue weighted by atomic mass is 32.2. The lowest BCUT2D eigenvalue weighted by atomic mass is 10.2. The molecule has 0 heterocycles. The molecule has 28 heavy (non-hydrogen) atoms. The molecule has 0 aliphatic heterocycles. The largest absolute Gasteiger partial charge is 0.395 e. The molecular weight excluding hydrogens is 387 g/mol. The quantitative estimate of drug-likeness (QED) is 0.649. The Morgan fingerprint density at radius 2 is 1.64 bits per heavy atom. The molecule has 150 valence electrons. The molecule has 2 rings (SSSR count). The van der Waals surface area contributed by atoms with Gasteiger partial charge in [-0.15, -0.1) is 0 Å². The number of rotatable bonds is 9. The molecule has 0 atom stereocenters. The fraction of sp³-hybridized carbons (Fsp3) is 0.263. The Kier molecular flexibility index (Phi) is 7.65. The predicted molar refractivity (Wildman–Crippen MR) is 103 cm³/mol. The van der Waals surface area contributed by atoms with Gasteiger partial charge in [0.15, 0.2) is 9.84 Å². The highest BCUT2D eigenvalue weighted by molar-refractivity contribution is 7.92. The van der Waals surface area contributed by atoms with Gasteiger partial charge in [0.05, 0.1) is 6.61 Å². The molecule has 0 fully saturated rings. The topological polar surface area (TPSA) is 104 Å². The van der Waals surface area contributed by atoms with Crippen molar-refractivity contribution in [1.29, 1.82) is 0 Å². The summed E-state index contributed by atoms with van der Waals surface area (Å²) in [5, 5.41) is 11.5. The molecular formula is C19H21FN2O5S. The van der Waals surface area contributed by atoms with Crippen molar-refractivity contribution in [2.45, 2.75) is 6.54 Å². The second kappa shape index (κ2) is 9.95. The Bertz CT molecular complexity index is 902. The molecule has 2 aromatic carbocycles. The maximum absolute atomic E-state index is 12.9. The Balaban J connectivity index is 1.96. The number of benzene rings is 2. The average Bonchev–Trinajstić information content (AvgIpc) is 2.63. The number of hydrogen-bond acceptors (Lipinski definition) is 5. The van der Waals surface area contributed by atoms with Gasteiger partial charge in [-0.05, 0) is 29.8 Å². The lowest BCUT2D eigenvalue weighted by molar-refractivity contribution is -0.129. The molecule has 0 radical (unpaired) electrons. The van der Waals surface area contributed by atoms with E-state index in [9.17, 15) is 22.4 Å². The fourth-order valence-electron chi connectivity index (χ4n) is 2.48. The molecule has 2 N–H and O–H groups in total.